The quantitative estimate of drug-likeness (QED) is 0.520. The van der Waals surface area contributed by atoms with E-state index in [4.69, 9.17) is 13.9 Å². The van der Waals surface area contributed by atoms with E-state index in [0.717, 1.165) is 5.56 Å². The third-order valence-corrected chi connectivity index (χ3v) is 5.80. The summed E-state index contributed by atoms with van der Waals surface area (Å²) >= 11 is 0. The first-order chi connectivity index (χ1) is 15.8. The Hall–Kier alpha value is -3.11. The minimum absolute atomic E-state index is 0. The molecular weight excluding hydrogens is 460 g/mol. The number of nitrogens with zero attached hydrogens (tertiary/aromatic N) is 6. The SMILES string of the molecule is COc1cccc(C(c2nnnn2C(C)(C)C)N2CCN(C(=O)c3ccco3)CC2)c1OC.Cl. The zero-order valence-corrected chi connectivity index (χ0v) is 20.9. The molecular formula is C23H31ClN6O4. The van der Waals surface area contributed by atoms with Gasteiger partial charge >= 0.3 is 0 Å². The number of amides is 1. The summed E-state index contributed by atoms with van der Waals surface area (Å²) in [5, 5.41) is 12.7. The van der Waals surface area contributed by atoms with E-state index >= 15 is 0 Å². The van der Waals surface area contributed by atoms with E-state index in [1.54, 1.807) is 26.4 Å². The van der Waals surface area contributed by atoms with Crippen molar-refractivity contribution < 1.29 is 18.7 Å². The number of hydrogen-bond acceptors (Lipinski definition) is 8. The number of benzene rings is 1. The zero-order chi connectivity index (χ0) is 23.6. The average Bonchev–Trinajstić information content (AvgIpc) is 3.51. The van der Waals surface area contributed by atoms with Crippen molar-refractivity contribution in [3.05, 3.63) is 53.7 Å². The number of carbonyl (C=O) groups excluding carboxylic acids is 1. The molecule has 1 unspecified atom stereocenters. The van der Waals surface area contributed by atoms with E-state index in [0.29, 0.717) is 49.3 Å². The van der Waals surface area contributed by atoms with Crippen molar-refractivity contribution in [3.63, 3.8) is 0 Å². The Bertz CT molecular complexity index is 1090. The largest absolute Gasteiger partial charge is 0.493 e. The number of halogens is 1. The van der Waals surface area contributed by atoms with Crippen LogP contribution in [0.3, 0.4) is 0 Å². The normalized spacial score (nSPS) is 15.5. The van der Waals surface area contributed by atoms with Gasteiger partial charge in [0, 0.05) is 31.7 Å². The third kappa shape index (κ3) is 4.88. The van der Waals surface area contributed by atoms with Crippen LogP contribution in [0.4, 0.5) is 0 Å². The highest BCUT2D eigenvalue weighted by Crippen LogP contribution is 2.40. The molecule has 1 aromatic carbocycles. The minimum atomic E-state index is -0.319. The first-order valence-electron chi connectivity index (χ1n) is 10.9. The molecule has 10 nitrogen and oxygen atoms in total. The van der Waals surface area contributed by atoms with Crippen LogP contribution in [0.25, 0.3) is 0 Å². The average molecular weight is 491 g/mol. The van der Waals surface area contributed by atoms with Gasteiger partial charge < -0.3 is 18.8 Å². The van der Waals surface area contributed by atoms with E-state index < -0.39 is 0 Å². The lowest BCUT2D eigenvalue weighted by Gasteiger charge is -2.39. The summed E-state index contributed by atoms with van der Waals surface area (Å²) in [5.74, 6) is 2.24. The smallest absolute Gasteiger partial charge is 0.289 e. The molecule has 11 heteroatoms. The number of aromatic nitrogens is 4. The van der Waals surface area contributed by atoms with Crippen LogP contribution in [0.15, 0.2) is 41.0 Å². The topological polar surface area (TPSA) is 98.8 Å². The predicted octanol–water partition coefficient (Wildman–Crippen LogP) is 3.01. The Morgan fingerprint density at radius 2 is 1.79 bits per heavy atom. The Balaban J connectivity index is 0.00000324. The molecule has 184 valence electrons. The van der Waals surface area contributed by atoms with E-state index in [9.17, 15) is 4.79 Å². The van der Waals surface area contributed by atoms with Crippen molar-refractivity contribution in [3.8, 4) is 11.5 Å². The summed E-state index contributed by atoms with van der Waals surface area (Å²) in [6.45, 7) is 8.56. The van der Waals surface area contributed by atoms with Crippen molar-refractivity contribution in [1.29, 1.82) is 0 Å². The van der Waals surface area contributed by atoms with Crippen LogP contribution >= 0.6 is 12.4 Å². The number of para-hydroxylation sites is 1. The molecule has 0 bridgehead atoms. The highest BCUT2D eigenvalue weighted by atomic mass is 35.5. The molecule has 2 aromatic heterocycles. The maximum absolute atomic E-state index is 12.7. The molecule has 0 N–H and O–H groups in total. The lowest BCUT2D eigenvalue weighted by molar-refractivity contribution is 0.0554. The molecule has 3 aromatic rings. The fourth-order valence-corrected chi connectivity index (χ4v) is 4.21. The van der Waals surface area contributed by atoms with Gasteiger partial charge in [0.15, 0.2) is 23.1 Å². The summed E-state index contributed by atoms with van der Waals surface area (Å²) in [5.41, 5.74) is 0.586. The maximum Gasteiger partial charge on any atom is 0.289 e. The molecule has 34 heavy (non-hydrogen) atoms. The maximum atomic E-state index is 12.7. The van der Waals surface area contributed by atoms with Crippen molar-refractivity contribution in [2.75, 3.05) is 40.4 Å². The van der Waals surface area contributed by atoms with E-state index in [2.05, 4.69) is 41.2 Å². The summed E-state index contributed by atoms with van der Waals surface area (Å²) in [7, 11) is 3.25. The molecule has 3 heterocycles. The number of furan rings is 1. The lowest BCUT2D eigenvalue weighted by Crippen LogP contribution is -2.50. The number of ether oxygens (including phenoxy) is 2. The third-order valence-electron chi connectivity index (χ3n) is 5.80. The number of tetrazole rings is 1. The molecule has 0 spiro atoms. The van der Waals surface area contributed by atoms with Gasteiger partial charge in [-0.05, 0) is 49.4 Å². The molecule has 4 rings (SSSR count). The fourth-order valence-electron chi connectivity index (χ4n) is 4.21. The molecule has 1 saturated heterocycles. The molecule has 1 aliphatic heterocycles. The van der Waals surface area contributed by atoms with Crippen molar-refractivity contribution in [2.45, 2.75) is 32.4 Å². The van der Waals surface area contributed by atoms with Gasteiger partial charge in [-0.3, -0.25) is 9.69 Å². The first-order valence-corrected chi connectivity index (χ1v) is 10.9. The molecule has 0 radical (unpaired) electrons. The second-order valence-corrected chi connectivity index (χ2v) is 8.91. The van der Waals surface area contributed by atoms with Crippen LogP contribution in [-0.4, -0.2) is 76.3 Å². The van der Waals surface area contributed by atoms with Gasteiger partial charge in [0.25, 0.3) is 5.91 Å². The van der Waals surface area contributed by atoms with Gasteiger partial charge in [-0.2, -0.15) is 0 Å². The Labute approximate surface area is 205 Å². The highest BCUT2D eigenvalue weighted by Gasteiger charge is 2.36. The monoisotopic (exact) mass is 490 g/mol. The van der Waals surface area contributed by atoms with Gasteiger partial charge in [-0.1, -0.05) is 12.1 Å². The summed E-state index contributed by atoms with van der Waals surface area (Å²) in [6, 6.07) is 8.94. The summed E-state index contributed by atoms with van der Waals surface area (Å²) in [4.78, 5) is 16.8. The second kappa shape index (κ2) is 10.4. The molecule has 1 amide bonds. The van der Waals surface area contributed by atoms with Crippen molar-refractivity contribution in [1.82, 2.24) is 30.0 Å². The van der Waals surface area contributed by atoms with Crippen LogP contribution in [-0.2, 0) is 5.54 Å². The van der Waals surface area contributed by atoms with Gasteiger partial charge in [0.05, 0.1) is 26.0 Å². The van der Waals surface area contributed by atoms with E-state index in [-0.39, 0.29) is 29.9 Å². The van der Waals surface area contributed by atoms with Crippen molar-refractivity contribution >= 4 is 18.3 Å². The van der Waals surface area contributed by atoms with Gasteiger partial charge in [-0.15, -0.1) is 17.5 Å². The Morgan fingerprint density at radius 3 is 2.38 bits per heavy atom. The molecule has 0 aliphatic carbocycles. The molecule has 0 saturated carbocycles. The highest BCUT2D eigenvalue weighted by molar-refractivity contribution is 5.91. The Kier molecular flexibility index (Phi) is 7.83. The summed E-state index contributed by atoms with van der Waals surface area (Å²) < 4.78 is 18.5. The van der Waals surface area contributed by atoms with E-state index in [1.807, 2.05) is 27.8 Å². The predicted molar refractivity (Wildman–Crippen MR) is 128 cm³/mol. The molecule has 1 aliphatic rings. The number of rotatable bonds is 6. The molecule has 1 atom stereocenters. The van der Waals surface area contributed by atoms with Crippen LogP contribution in [0.1, 0.15) is 48.8 Å². The van der Waals surface area contributed by atoms with Crippen LogP contribution in [0, 0.1) is 0 Å². The number of carbonyl (C=O) groups is 1. The standard InChI is InChI=1S/C23H30N6O4.ClH/c1-23(2,3)29-21(24-25-26-29)19(16-8-6-9-17(31-4)20(16)32-5)27-11-13-28(14-12-27)22(30)18-10-7-15-33-18;/h6-10,15,19H,11-14H2,1-5H3;1H. The number of piperazine rings is 1. The Morgan fingerprint density at radius 1 is 1.06 bits per heavy atom. The zero-order valence-electron chi connectivity index (χ0n) is 20.1. The van der Waals surface area contributed by atoms with Crippen LogP contribution < -0.4 is 9.47 Å². The van der Waals surface area contributed by atoms with Crippen LogP contribution in [0.5, 0.6) is 11.5 Å². The minimum Gasteiger partial charge on any atom is -0.493 e. The first kappa shape index (κ1) is 25.5. The van der Waals surface area contributed by atoms with Crippen molar-refractivity contribution in [2.24, 2.45) is 0 Å². The second-order valence-electron chi connectivity index (χ2n) is 8.91. The summed E-state index contributed by atoms with van der Waals surface area (Å²) in [6.07, 6.45) is 1.51. The van der Waals surface area contributed by atoms with E-state index in [1.165, 1.54) is 6.26 Å². The van der Waals surface area contributed by atoms with Gasteiger partial charge in [-0.25, -0.2) is 4.68 Å². The number of hydrogen-bond donors (Lipinski definition) is 0. The lowest BCUT2D eigenvalue weighted by atomic mass is 10.00. The number of methoxy groups -OCH3 is 2. The fraction of sp³-hybridized carbons (Fsp3) is 0.478. The van der Waals surface area contributed by atoms with Gasteiger partial charge in [0.1, 0.15) is 6.04 Å². The molecule has 1 fully saturated rings. The van der Waals surface area contributed by atoms with Crippen LogP contribution in [0.2, 0.25) is 0 Å². The van der Waals surface area contributed by atoms with Gasteiger partial charge in [0.2, 0.25) is 0 Å².